The normalized spacial score (nSPS) is 11.0. The number of hydrogen-bond acceptors (Lipinski definition) is 4. The minimum Gasteiger partial charge on any atom is -0.379 e. The Balaban J connectivity index is 2.38. The Morgan fingerprint density at radius 2 is 1.52 bits per heavy atom. The summed E-state index contributed by atoms with van der Waals surface area (Å²) in [5.74, 6) is 0.0520. The molecule has 0 aliphatic heterocycles. The Morgan fingerprint density at radius 1 is 0.952 bits per heavy atom. The summed E-state index contributed by atoms with van der Waals surface area (Å²) in [7, 11) is -4.16. The third kappa shape index (κ3) is 3.60. The van der Waals surface area contributed by atoms with E-state index in [4.69, 9.17) is 44.2 Å². The number of nitriles is 1. The van der Waals surface area contributed by atoms with Crippen molar-refractivity contribution in [1.82, 2.24) is 0 Å². The number of benzene rings is 2. The first-order chi connectivity index (χ1) is 9.83. The lowest BCUT2D eigenvalue weighted by Gasteiger charge is -2.09. The van der Waals surface area contributed by atoms with E-state index in [-0.39, 0.29) is 25.7 Å². The minimum atomic E-state index is -4.16. The summed E-state index contributed by atoms with van der Waals surface area (Å²) < 4.78 is 29.3. The Bertz CT molecular complexity index is 827. The zero-order valence-corrected chi connectivity index (χ0v) is 13.3. The molecule has 0 aliphatic rings. The van der Waals surface area contributed by atoms with Gasteiger partial charge in [-0.2, -0.15) is 13.7 Å². The first-order valence-corrected chi connectivity index (χ1v) is 7.97. The Morgan fingerprint density at radius 3 is 2.10 bits per heavy atom. The maximum Gasteiger partial charge on any atom is 0.340 e. The second-order valence-electron chi connectivity index (χ2n) is 3.87. The molecule has 21 heavy (non-hydrogen) atoms. The average Bonchev–Trinajstić information content (AvgIpc) is 2.43. The third-order valence-corrected chi connectivity index (χ3v) is 4.87. The van der Waals surface area contributed by atoms with Crippen LogP contribution in [-0.2, 0) is 10.1 Å². The molecule has 0 amide bonds. The van der Waals surface area contributed by atoms with Crippen molar-refractivity contribution in [2.75, 3.05) is 0 Å². The van der Waals surface area contributed by atoms with Gasteiger partial charge < -0.3 is 4.18 Å². The van der Waals surface area contributed by atoms with Gasteiger partial charge in [0.25, 0.3) is 0 Å². The van der Waals surface area contributed by atoms with E-state index in [1.165, 1.54) is 30.3 Å². The number of nitrogens with zero attached hydrogens (tertiary/aromatic N) is 1. The number of hydrogen-bond donors (Lipinski definition) is 0. The van der Waals surface area contributed by atoms with Crippen LogP contribution < -0.4 is 4.18 Å². The monoisotopic (exact) mass is 361 g/mol. The van der Waals surface area contributed by atoms with Gasteiger partial charge in [-0.05, 0) is 36.4 Å². The quantitative estimate of drug-likeness (QED) is 0.603. The van der Waals surface area contributed by atoms with Crippen LogP contribution in [-0.4, -0.2) is 8.42 Å². The Hall–Kier alpha value is -1.45. The fraction of sp³-hybridized carbons (Fsp3) is 0. The second-order valence-corrected chi connectivity index (χ2v) is 6.61. The van der Waals surface area contributed by atoms with E-state index >= 15 is 0 Å². The largest absolute Gasteiger partial charge is 0.379 e. The summed E-state index contributed by atoms with van der Waals surface area (Å²) in [6.45, 7) is 0. The van der Waals surface area contributed by atoms with Gasteiger partial charge in [0.2, 0.25) is 0 Å². The highest BCUT2D eigenvalue weighted by atomic mass is 35.5. The molecule has 2 aromatic rings. The van der Waals surface area contributed by atoms with Crippen LogP contribution in [0.4, 0.5) is 0 Å². The molecule has 0 heterocycles. The first kappa shape index (κ1) is 15.9. The molecule has 0 saturated carbocycles. The standard InChI is InChI=1S/C13H6Cl3NO3S/c14-10-5-12(16)13(6-11(10)15)21(18,19)20-9-3-1-8(7-17)2-4-9/h1-6H. The van der Waals surface area contributed by atoms with Gasteiger partial charge >= 0.3 is 10.1 Å². The fourth-order valence-corrected chi connectivity index (χ4v) is 3.36. The summed E-state index contributed by atoms with van der Waals surface area (Å²) in [5.41, 5.74) is 0.382. The zero-order valence-electron chi connectivity index (χ0n) is 10.2. The van der Waals surface area contributed by atoms with Crippen molar-refractivity contribution in [3.05, 3.63) is 57.0 Å². The molecule has 108 valence electrons. The molecular weight excluding hydrogens is 357 g/mol. The van der Waals surface area contributed by atoms with Crippen molar-refractivity contribution in [1.29, 1.82) is 5.26 Å². The lowest BCUT2D eigenvalue weighted by molar-refractivity contribution is 0.486. The molecule has 0 N–H and O–H groups in total. The smallest absolute Gasteiger partial charge is 0.340 e. The highest BCUT2D eigenvalue weighted by molar-refractivity contribution is 7.87. The molecule has 0 atom stereocenters. The van der Waals surface area contributed by atoms with Crippen LogP contribution in [0.3, 0.4) is 0 Å². The molecule has 2 rings (SSSR count). The average molecular weight is 363 g/mol. The molecular formula is C13H6Cl3NO3S. The van der Waals surface area contributed by atoms with Gasteiger partial charge in [-0.25, -0.2) is 0 Å². The predicted octanol–water partition coefficient (Wildman–Crippen LogP) is 4.29. The van der Waals surface area contributed by atoms with E-state index < -0.39 is 10.1 Å². The van der Waals surface area contributed by atoms with Gasteiger partial charge in [0.1, 0.15) is 10.6 Å². The summed E-state index contributed by atoms with van der Waals surface area (Å²) >= 11 is 17.4. The van der Waals surface area contributed by atoms with Crippen molar-refractivity contribution in [3.63, 3.8) is 0 Å². The molecule has 0 aromatic heterocycles. The molecule has 0 fully saturated rings. The molecule has 0 spiro atoms. The van der Waals surface area contributed by atoms with E-state index in [0.29, 0.717) is 5.56 Å². The van der Waals surface area contributed by atoms with E-state index in [1.807, 2.05) is 6.07 Å². The van der Waals surface area contributed by atoms with Gasteiger partial charge in [0.05, 0.1) is 26.7 Å². The maximum absolute atomic E-state index is 12.2. The highest BCUT2D eigenvalue weighted by Gasteiger charge is 2.22. The Kier molecular flexibility index (Phi) is 4.64. The van der Waals surface area contributed by atoms with Crippen molar-refractivity contribution in [2.24, 2.45) is 0 Å². The van der Waals surface area contributed by atoms with Crippen LogP contribution in [0.5, 0.6) is 5.75 Å². The van der Waals surface area contributed by atoms with E-state index in [1.54, 1.807) is 0 Å². The van der Waals surface area contributed by atoms with Crippen molar-refractivity contribution < 1.29 is 12.6 Å². The van der Waals surface area contributed by atoms with Gasteiger partial charge in [0.15, 0.2) is 0 Å². The van der Waals surface area contributed by atoms with Crippen LogP contribution in [0.2, 0.25) is 15.1 Å². The molecule has 0 bridgehead atoms. The Labute approximate surface area is 136 Å². The van der Waals surface area contributed by atoms with Crippen LogP contribution in [0.15, 0.2) is 41.3 Å². The van der Waals surface area contributed by atoms with E-state index in [2.05, 4.69) is 0 Å². The summed E-state index contributed by atoms with van der Waals surface area (Å²) in [6.07, 6.45) is 0. The van der Waals surface area contributed by atoms with E-state index in [9.17, 15) is 8.42 Å². The summed E-state index contributed by atoms with van der Waals surface area (Å²) in [6, 6.07) is 9.84. The minimum absolute atomic E-state index is 0.0445. The molecule has 0 saturated heterocycles. The van der Waals surface area contributed by atoms with Crippen LogP contribution in [0, 0.1) is 11.3 Å². The van der Waals surface area contributed by atoms with Gasteiger partial charge in [-0.1, -0.05) is 34.8 Å². The summed E-state index contributed by atoms with van der Waals surface area (Å²) in [4.78, 5) is -0.289. The maximum atomic E-state index is 12.2. The molecule has 0 radical (unpaired) electrons. The molecule has 0 unspecified atom stereocenters. The topological polar surface area (TPSA) is 67.2 Å². The third-order valence-electron chi connectivity index (χ3n) is 2.43. The lowest BCUT2D eigenvalue weighted by Crippen LogP contribution is -2.10. The molecule has 0 aliphatic carbocycles. The summed E-state index contributed by atoms with van der Waals surface area (Å²) in [5, 5.41) is 8.76. The van der Waals surface area contributed by atoms with Gasteiger partial charge in [-0.15, -0.1) is 0 Å². The van der Waals surface area contributed by atoms with Crippen LogP contribution in [0.1, 0.15) is 5.56 Å². The zero-order chi connectivity index (χ0) is 15.6. The SMILES string of the molecule is N#Cc1ccc(OS(=O)(=O)c2cc(Cl)c(Cl)cc2Cl)cc1. The van der Waals surface area contributed by atoms with Gasteiger partial charge in [0, 0.05) is 0 Å². The highest BCUT2D eigenvalue weighted by Crippen LogP contribution is 2.32. The molecule has 4 nitrogen and oxygen atoms in total. The van der Waals surface area contributed by atoms with Crippen molar-refractivity contribution in [3.8, 4) is 11.8 Å². The molecule has 8 heteroatoms. The molecule has 2 aromatic carbocycles. The number of halogens is 3. The van der Waals surface area contributed by atoms with Crippen molar-refractivity contribution in [2.45, 2.75) is 4.90 Å². The second kappa shape index (κ2) is 6.12. The van der Waals surface area contributed by atoms with Crippen molar-refractivity contribution >= 4 is 44.9 Å². The van der Waals surface area contributed by atoms with E-state index in [0.717, 1.165) is 6.07 Å². The first-order valence-electron chi connectivity index (χ1n) is 5.42. The van der Waals surface area contributed by atoms with Gasteiger partial charge in [-0.3, -0.25) is 0 Å². The predicted molar refractivity (Wildman–Crippen MR) is 80.4 cm³/mol. The fourth-order valence-electron chi connectivity index (χ4n) is 1.45. The van der Waals surface area contributed by atoms with Crippen LogP contribution >= 0.6 is 34.8 Å². The van der Waals surface area contributed by atoms with Crippen LogP contribution in [0.25, 0.3) is 0 Å². The number of rotatable bonds is 3. The lowest BCUT2D eigenvalue weighted by atomic mass is 10.2.